The topological polar surface area (TPSA) is 62.2 Å². The Balaban J connectivity index is 2.06. The highest BCUT2D eigenvalue weighted by Gasteiger charge is 2.32. The number of carboxylic acids is 1. The van der Waals surface area contributed by atoms with Crippen molar-refractivity contribution >= 4 is 39.3 Å². The SMILES string of the molecule is CCCNC(C)(CSc1nc2ccccc2s1)C(=O)O. The quantitative estimate of drug-likeness (QED) is 0.769. The number of aliphatic carboxylic acids is 1. The second-order valence-electron chi connectivity index (χ2n) is 4.80. The summed E-state index contributed by atoms with van der Waals surface area (Å²) in [7, 11) is 0. The molecule has 20 heavy (non-hydrogen) atoms. The summed E-state index contributed by atoms with van der Waals surface area (Å²) in [6.45, 7) is 4.45. The Morgan fingerprint density at radius 3 is 2.90 bits per heavy atom. The molecule has 2 N–H and O–H groups in total. The molecular formula is C14H18N2O2S2. The van der Waals surface area contributed by atoms with Gasteiger partial charge in [0.15, 0.2) is 4.34 Å². The van der Waals surface area contributed by atoms with E-state index in [0.29, 0.717) is 12.3 Å². The van der Waals surface area contributed by atoms with E-state index in [1.165, 1.54) is 11.8 Å². The van der Waals surface area contributed by atoms with Gasteiger partial charge in [0, 0.05) is 5.75 Å². The molecule has 2 aromatic rings. The zero-order valence-corrected chi connectivity index (χ0v) is 13.2. The molecular weight excluding hydrogens is 292 g/mol. The summed E-state index contributed by atoms with van der Waals surface area (Å²) in [4.78, 5) is 15.9. The summed E-state index contributed by atoms with van der Waals surface area (Å²) < 4.78 is 2.05. The number of hydrogen-bond donors (Lipinski definition) is 2. The third kappa shape index (κ3) is 3.50. The minimum Gasteiger partial charge on any atom is -0.480 e. The molecule has 4 nitrogen and oxygen atoms in total. The number of nitrogens with one attached hydrogen (secondary N) is 1. The average Bonchev–Trinajstić information content (AvgIpc) is 2.85. The van der Waals surface area contributed by atoms with Crippen LogP contribution in [0.5, 0.6) is 0 Å². The third-order valence-corrected chi connectivity index (χ3v) is 5.49. The average molecular weight is 310 g/mol. The normalized spacial score (nSPS) is 14.3. The Labute approximate surface area is 126 Å². The van der Waals surface area contributed by atoms with E-state index >= 15 is 0 Å². The van der Waals surface area contributed by atoms with Crippen molar-refractivity contribution in [2.75, 3.05) is 12.3 Å². The van der Waals surface area contributed by atoms with Crippen LogP contribution in [-0.4, -0.2) is 33.9 Å². The fraction of sp³-hybridized carbons (Fsp3) is 0.429. The van der Waals surface area contributed by atoms with E-state index in [2.05, 4.69) is 10.3 Å². The summed E-state index contributed by atoms with van der Waals surface area (Å²) in [5.41, 5.74) is 0.0528. The van der Waals surface area contributed by atoms with Gasteiger partial charge in [-0.05, 0) is 32.0 Å². The summed E-state index contributed by atoms with van der Waals surface area (Å²) in [6, 6.07) is 7.95. The minimum atomic E-state index is -0.918. The fourth-order valence-corrected chi connectivity index (χ4v) is 3.89. The van der Waals surface area contributed by atoms with E-state index in [4.69, 9.17) is 0 Å². The minimum absolute atomic E-state index is 0.460. The number of carboxylic acid groups (broad SMARTS) is 1. The van der Waals surface area contributed by atoms with Crippen LogP contribution in [0.2, 0.25) is 0 Å². The van der Waals surface area contributed by atoms with Crippen molar-refractivity contribution in [1.29, 1.82) is 0 Å². The van der Waals surface area contributed by atoms with Crippen molar-refractivity contribution in [2.24, 2.45) is 0 Å². The van der Waals surface area contributed by atoms with Crippen molar-refractivity contribution in [3.8, 4) is 0 Å². The molecule has 2 rings (SSSR count). The second-order valence-corrected chi connectivity index (χ2v) is 7.05. The number of fused-ring (bicyclic) bond motifs is 1. The number of thioether (sulfide) groups is 1. The highest BCUT2D eigenvalue weighted by atomic mass is 32.2. The van der Waals surface area contributed by atoms with Gasteiger partial charge in [-0.15, -0.1) is 11.3 Å². The molecule has 0 fully saturated rings. The lowest BCUT2D eigenvalue weighted by molar-refractivity contribution is -0.143. The molecule has 1 aromatic carbocycles. The molecule has 0 spiro atoms. The van der Waals surface area contributed by atoms with E-state index in [1.54, 1.807) is 18.3 Å². The highest BCUT2D eigenvalue weighted by Crippen LogP contribution is 2.31. The van der Waals surface area contributed by atoms with E-state index in [9.17, 15) is 9.90 Å². The van der Waals surface area contributed by atoms with Gasteiger partial charge in [-0.25, -0.2) is 4.98 Å². The van der Waals surface area contributed by atoms with Crippen LogP contribution < -0.4 is 5.32 Å². The van der Waals surface area contributed by atoms with Gasteiger partial charge in [0.2, 0.25) is 0 Å². The Hall–Kier alpha value is -1.11. The fourth-order valence-electron chi connectivity index (χ4n) is 1.71. The van der Waals surface area contributed by atoms with Gasteiger partial charge in [0.1, 0.15) is 5.54 Å². The van der Waals surface area contributed by atoms with Crippen LogP contribution in [-0.2, 0) is 4.79 Å². The first kappa shape index (κ1) is 15.3. The third-order valence-electron chi connectivity index (χ3n) is 3.00. The van der Waals surface area contributed by atoms with Gasteiger partial charge in [-0.1, -0.05) is 30.8 Å². The molecule has 1 aromatic heterocycles. The zero-order chi connectivity index (χ0) is 14.6. The smallest absolute Gasteiger partial charge is 0.324 e. The molecule has 0 saturated heterocycles. The van der Waals surface area contributed by atoms with Crippen LogP contribution in [0.25, 0.3) is 10.2 Å². The number of benzene rings is 1. The van der Waals surface area contributed by atoms with E-state index in [-0.39, 0.29) is 0 Å². The van der Waals surface area contributed by atoms with Crippen LogP contribution in [0.3, 0.4) is 0 Å². The first-order valence-corrected chi connectivity index (χ1v) is 8.32. The van der Waals surface area contributed by atoms with Crippen LogP contribution in [0, 0.1) is 0 Å². The Bertz CT molecular complexity index is 567. The summed E-state index contributed by atoms with van der Waals surface area (Å²) in [6.07, 6.45) is 0.911. The van der Waals surface area contributed by atoms with Crippen molar-refractivity contribution in [3.63, 3.8) is 0 Å². The predicted molar refractivity (Wildman–Crippen MR) is 84.7 cm³/mol. The summed E-state index contributed by atoms with van der Waals surface area (Å²) in [5, 5.41) is 12.5. The number of hydrogen-bond acceptors (Lipinski definition) is 5. The molecule has 0 saturated carbocycles. The van der Waals surface area contributed by atoms with Gasteiger partial charge in [0.05, 0.1) is 10.2 Å². The largest absolute Gasteiger partial charge is 0.480 e. The van der Waals surface area contributed by atoms with Crippen LogP contribution in [0.1, 0.15) is 20.3 Å². The summed E-state index contributed by atoms with van der Waals surface area (Å²) >= 11 is 3.10. The van der Waals surface area contributed by atoms with Crippen molar-refractivity contribution in [3.05, 3.63) is 24.3 Å². The van der Waals surface area contributed by atoms with E-state index in [0.717, 1.165) is 21.0 Å². The van der Waals surface area contributed by atoms with Gasteiger partial charge in [-0.2, -0.15) is 0 Å². The van der Waals surface area contributed by atoms with E-state index in [1.807, 2.05) is 31.2 Å². The lowest BCUT2D eigenvalue weighted by Crippen LogP contribution is -2.51. The molecule has 0 radical (unpaired) electrons. The first-order chi connectivity index (χ1) is 9.55. The maximum Gasteiger partial charge on any atom is 0.324 e. The molecule has 0 aliphatic rings. The lowest BCUT2D eigenvalue weighted by atomic mass is 10.1. The maximum atomic E-state index is 11.4. The van der Waals surface area contributed by atoms with Gasteiger partial charge < -0.3 is 10.4 Å². The van der Waals surface area contributed by atoms with Crippen molar-refractivity contribution in [2.45, 2.75) is 30.1 Å². The molecule has 108 valence electrons. The molecule has 0 bridgehead atoms. The van der Waals surface area contributed by atoms with Gasteiger partial charge >= 0.3 is 5.97 Å². The molecule has 1 atom stereocenters. The zero-order valence-electron chi connectivity index (χ0n) is 11.5. The predicted octanol–water partition coefficient (Wildman–Crippen LogP) is 3.23. The molecule has 0 aliphatic heterocycles. The number of carbonyl (C=O) groups is 1. The van der Waals surface area contributed by atoms with Gasteiger partial charge in [-0.3, -0.25) is 4.79 Å². The number of thiazole rings is 1. The Morgan fingerprint density at radius 2 is 2.25 bits per heavy atom. The van der Waals surface area contributed by atoms with Crippen molar-refractivity contribution in [1.82, 2.24) is 10.3 Å². The number of rotatable bonds is 7. The number of nitrogens with zero attached hydrogens (tertiary/aromatic N) is 1. The lowest BCUT2D eigenvalue weighted by Gasteiger charge is -2.25. The van der Waals surface area contributed by atoms with Crippen LogP contribution in [0.4, 0.5) is 0 Å². The molecule has 1 unspecified atom stereocenters. The maximum absolute atomic E-state index is 11.4. The van der Waals surface area contributed by atoms with E-state index < -0.39 is 11.5 Å². The first-order valence-electron chi connectivity index (χ1n) is 6.52. The monoisotopic (exact) mass is 310 g/mol. The Morgan fingerprint density at radius 1 is 1.50 bits per heavy atom. The highest BCUT2D eigenvalue weighted by molar-refractivity contribution is 8.01. The molecule has 6 heteroatoms. The number of para-hydroxylation sites is 1. The van der Waals surface area contributed by atoms with Crippen LogP contribution >= 0.6 is 23.1 Å². The van der Waals surface area contributed by atoms with Crippen LogP contribution in [0.15, 0.2) is 28.6 Å². The number of aromatic nitrogens is 1. The van der Waals surface area contributed by atoms with Gasteiger partial charge in [0.25, 0.3) is 0 Å². The Kier molecular flexibility index (Phi) is 5.01. The molecule has 1 heterocycles. The summed E-state index contributed by atoms with van der Waals surface area (Å²) in [5.74, 6) is -0.359. The van der Waals surface area contributed by atoms with Crippen molar-refractivity contribution < 1.29 is 9.90 Å². The molecule has 0 amide bonds. The standard InChI is InChI=1S/C14H18N2O2S2/c1-3-8-15-14(2,12(17)18)9-19-13-16-10-6-4-5-7-11(10)20-13/h4-7,15H,3,8-9H2,1-2H3,(H,17,18). The molecule has 0 aliphatic carbocycles. The second kappa shape index (κ2) is 6.56.